The number of anilines is 1. The molecule has 0 bridgehead atoms. The minimum atomic E-state index is 0.145. The van der Waals surface area contributed by atoms with E-state index in [2.05, 4.69) is 57.0 Å². The van der Waals surface area contributed by atoms with Crippen molar-refractivity contribution in [3.05, 3.63) is 64.1 Å². The first kappa shape index (κ1) is 13.2. The molecule has 1 aliphatic rings. The van der Waals surface area contributed by atoms with Gasteiger partial charge in [-0.05, 0) is 30.2 Å². The fourth-order valence-corrected chi connectivity index (χ4v) is 3.15. The third kappa shape index (κ3) is 2.20. The van der Waals surface area contributed by atoms with Gasteiger partial charge >= 0.3 is 0 Å². The van der Waals surface area contributed by atoms with Crippen LogP contribution in [0.1, 0.15) is 17.2 Å². The highest BCUT2D eigenvalue weighted by molar-refractivity contribution is 9.10. The van der Waals surface area contributed by atoms with Crippen molar-refractivity contribution in [2.24, 2.45) is 10.7 Å². The molecule has 0 aromatic heterocycles. The average Bonchev–Trinajstić information content (AvgIpc) is 2.82. The van der Waals surface area contributed by atoms with Gasteiger partial charge in [0.25, 0.3) is 0 Å². The quantitative estimate of drug-likeness (QED) is 0.913. The van der Waals surface area contributed by atoms with Crippen molar-refractivity contribution in [1.82, 2.24) is 0 Å². The Morgan fingerprint density at radius 2 is 1.85 bits per heavy atom. The van der Waals surface area contributed by atoms with E-state index in [1.165, 1.54) is 11.1 Å². The molecular formula is C16H16BrN3. The molecule has 1 heterocycles. The Morgan fingerprint density at radius 1 is 1.15 bits per heavy atom. The van der Waals surface area contributed by atoms with Crippen LogP contribution in [0, 0.1) is 6.92 Å². The number of rotatable bonds is 2. The smallest absolute Gasteiger partial charge is 0.196 e. The largest absolute Gasteiger partial charge is 0.369 e. The molecule has 4 heteroatoms. The highest BCUT2D eigenvalue weighted by Crippen LogP contribution is 2.35. The van der Waals surface area contributed by atoms with E-state index in [0.29, 0.717) is 12.5 Å². The summed E-state index contributed by atoms with van der Waals surface area (Å²) >= 11 is 3.63. The van der Waals surface area contributed by atoms with E-state index in [4.69, 9.17) is 5.73 Å². The summed E-state index contributed by atoms with van der Waals surface area (Å²) < 4.78 is 1.09. The van der Waals surface area contributed by atoms with E-state index in [-0.39, 0.29) is 6.04 Å². The second-order valence-electron chi connectivity index (χ2n) is 4.89. The molecule has 102 valence electrons. The Morgan fingerprint density at radius 3 is 2.60 bits per heavy atom. The van der Waals surface area contributed by atoms with E-state index < -0.39 is 0 Å². The molecule has 0 saturated carbocycles. The lowest BCUT2D eigenvalue weighted by Gasteiger charge is -2.28. The molecule has 20 heavy (non-hydrogen) atoms. The molecule has 3 rings (SSSR count). The first-order valence-electron chi connectivity index (χ1n) is 6.57. The average molecular weight is 330 g/mol. The van der Waals surface area contributed by atoms with Crippen molar-refractivity contribution < 1.29 is 0 Å². The summed E-state index contributed by atoms with van der Waals surface area (Å²) in [4.78, 5) is 6.55. The standard InChI is InChI=1S/C16H16BrN3/c1-11-6-2-5-9-14(11)20-15(10-19-16(20)18)12-7-3-4-8-13(12)17/h2-9,15H,10H2,1H3,(H2,18,19). The zero-order chi connectivity index (χ0) is 14.1. The summed E-state index contributed by atoms with van der Waals surface area (Å²) in [6, 6.07) is 16.6. The fourth-order valence-electron chi connectivity index (χ4n) is 2.61. The molecule has 2 aromatic rings. The van der Waals surface area contributed by atoms with Crippen LogP contribution in [0.4, 0.5) is 5.69 Å². The molecule has 0 fully saturated rings. The van der Waals surface area contributed by atoms with Crippen LogP contribution in [-0.2, 0) is 0 Å². The highest BCUT2D eigenvalue weighted by Gasteiger charge is 2.30. The number of hydrogen-bond acceptors (Lipinski definition) is 3. The number of hydrogen-bond donors (Lipinski definition) is 1. The lowest BCUT2D eigenvalue weighted by Crippen LogP contribution is -2.36. The van der Waals surface area contributed by atoms with Crippen molar-refractivity contribution in [3.8, 4) is 0 Å². The van der Waals surface area contributed by atoms with E-state index in [0.717, 1.165) is 10.2 Å². The maximum Gasteiger partial charge on any atom is 0.196 e. The van der Waals surface area contributed by atoms with Crippen molar-refractivity contribution in [2.45, 2.75) is 13.0 Å². The van der Waals surface area contributed by atoms with Crippen LogP contribution in [-0.4, -0.2) is 12.5 Å². The summed E-state index contributed by atoms with van der Waals surface area (Å²) in [5, 5.41) is 0. The summed E-state index contributed by atoms with van der Waals surface area (Å²) in [6.45, 7) is 2.78. The molecule has 2 N–H and O–H groups in total. The Bertz CT molecular complexity index is 666. The maximum atomic E-state index is 6.12. The van der Waals surface area contributed by atoms with Gasteiger partial charge in [0.1, 0.15) is 0 Å². The van der Waals surface area contributed by atoms with E-state index in [9.17, 15) is 0 Å². The molecule has 3 nitrogen and oxygen atoms in total. The number of nitrogens with two attached hydrogens (primary N) is 1. The van der Waals surface area contributed by atoms with Crippen molar-refractivity contribution >= 4 is 27.6 Å². The van der Waals surface area contributed by atoms with Crippen LogP contribution in [0.15, 0.2) is 58.0 Å². The van der Waals surface area contributed by atoms with Gasteiger partial charge in [0.15, 0.2) is 5.96 Å². The molecule has 1 atom stereocenters. The molecule has 0 aliphatic carbocycles. The molecule has 1 unspecified atom stereocenters. The lowest BCUT2D eigenvalue weighted by molar-refractivity contribution is 0.763. The van der Waals surface area contributed by atoms with Crippen LogP contribution < -0.4 is 10.6 Å². The summed E-state index contributed by atoms with van der Waals surface area (Å²) in [6.07, 6.45) is 0. The minimum absolute atomic E-state index is 0.145. The number of benzene rings is 2. The first-order valence-corrected chi connectivity index (χ1v) is 7.37. The van der Waals surface area contributed by atoms with Gasteiger partial charge in [-0.1, -0.05) is 52.3 Å². The minimum Gasteiger partial charge on any atom is -0.369 e. The molecule has 0 radical (unpaired) electrons. The van der Waals surface area contributed by atoms with Crippen LogP contribution in [0.3, 0.4) is 0 Å². The second kappa shape index (κ2) is 5.29. The Hall–Kier alpha value is -1.81. The second-order valence-corrected chi connectivity index (χ2v) is 5.75. The molecule has 0 spiro atoms. The van der Waals surface area contributed by atoms with Gasteiger partial charge in [-0.3, -0.25) is 4.99 Å². The number of halogens is 1. The number of aliphatic imine (C=N–C) groups is 1. The predicted molar refractivity (Wildman–Crippen MR) is 87.0 cm³/mol. The molecule has 2 aromatic carbocycles. The van der Waals surface area contributed by atoms with Gasteiger partial charge in [-0.25, -0.2) is 0 Å². The van der Waals surface area contributed by atoms with E-state index in [1.54, 1.807) is 0 Å². The summed E-state index contributed by atoms with van der Waals surface area (Å²) in [5.74, 6) is 0.583. The Kier molecular flexibility index (Phi) is 3.49. The molecular weight excluding hydrogens is 314 g/mol. The maximum absolute atomic E-state index is 6.12. The predicted octanol–water partition coefficient (Wildman–Crippen LogP) is 3.63. The van der Waals surface area contributed by atoms with Gasteiger partial charge in [0.05, 0.1) is 12.6 Å². The van der Waals surface area contributed by atoms with E-state index in [1.807, 2.05) is 24.3 Å². The summed E-state index contributed by atoms with van der Waals surface area (Å²) in [7, 11) is 0. The lowest BCUT2D eigenvalue weighted by atomic mass is 10.0. The van der Waals surface area contributed by atoms with Crippen molar-refractivity contribution in [3.63, 3.8) is 0 Å². The number of guanidine groups is 1. The Balaban J connectivity index is 2.06. The Labute approximate surface area is 127 Å². The van der Waals surface area contributed by atoms with Gasteiger partial charge < -0.3 is 10.6 Å². The third-order valence-electron chi connectivity index (χ3n) is 3.62. The van der Waals surface area contributed by atoms with Crippen LogP contribution in [0.25, 0.3) is 0 Å². The normalized spacial score (nSPS) is 18.2. The van der Waals surface area contributed by atoms with Crippen molar-refractivity contribution in [2.75, 3.05) is 11.4 Å². The molecule has 0 saturated heterocycles. The van der Waals surface area contributed by atoms with Crippen LogP contribution in [0.5, 0.6) is 0 Å². The zero-order valence-electron chi connectivity index (χ0n) is 11.3. The zero-order valence-corrected chi connectivity index (χ0v) is 12.8. The van der Waals surface area contributed by atoms with Crippen molar-refractivity contribution in [1.29, 1.82) is 0 Å². The van der Waals surface area contributed by atoms with Gasteiger partial charge in [-0.2, -0.15) is 0 Å². The van der Waals surface area contributed by atoms with E-state index >= 15 is 0 Å². The SMILES string of the molecule is Cc1ccccc1N1C(N)=NCC1c1ccccc1Br. The molecule has 0 amide bonds. The van der Waals surface area contributed by atoms with Crippen LogP contribution >= 0.6 is 15.9 Å². The monoisotopic (exact) mass is 329 g/mol. The highest BCUT2D eigenvalue weighted by atomic mass is 79.9. The van der Waals surface area contributed by atoms with Crippen LogP contribution in [0.2, 0.25) is 0 Å². The summed E-state index contributed by atoms with van der Waals surface area (Å²) in [5.41, 5.74) is 9.64. The fraction of sp³-hybridized carbons (Fsp3) is 0.188. The number of para-hydroxylation sites is 1. The topological polar surface area (TPSA) is 41.6 Å². The van der Waals surface area contributed by atoms with Gasteiger partial charge in [0, 0.05) is 10.2 Å². The third-order valence-corrected chi connectivity index (χ3v) is 4.35. The van der Waals surface area contributed by atoms with Gasteiger partial charge in [0.2, 0.25) is 0 Å². The molecule has 1 aliphatic heterocycles. The first-order chi connectivity index (χ1) is 9.68. The van der Waals surface area contributed by atoms with Gasteiger partial charge in [-0.15, -0.1) is 0 Å². The number of aryl methyl sites for hydroxylation is 1. The number of nitrogens with zero attached hydrogens (tertiary/aromatic N) is 2.